The number of halogens is 3. The molecule has 16 heavy (non-hydrogen) atoms. The second-order valence-corrected chi connectivity index (χ2v) is 5.86. The number of aromatic nitrogens is 1. The summed E-state index contributed by atoms with van der Waals surface area (Å²) < 4.78 is 3.21. The Morgan fingerprint density at radius 2 is 1.94 bits per heavy atom. The largest absolute Gasteiger partial charge is 0.427 e. The summed E-state index contributed by atoms with van der Waals surface area (Å²) in [5, 5.41) is 2.49. The van der Waals surface area contributed by atoms with Gasteiger partial charge in [0.1, 0.15) is 5.01 Å². The smallest absolute Gasteiger partial charge is 0.339 e. The standard InChI is InChI=1S/C10H5Cl3NOS/c11-10(12,13)15-8-6-16-9(14-8)7-4-2-1-3-5-7/h2-6H. The Hall–Kier alpha value is -0.480. The zero-order chi connectivity index (χ0) is 11.6. The molecule has 0 fully saturated rings. The minimum atomic E-state index is -1.78. The van der Waals surface area contributed by atoms with Gasteiger partial charge in [-0.1, -0.05) is 24.3 Å². The van der Waals surface area contributed by atoms with E-state index in [-0.39, 0.29) is 0 Å². The summed E-state index contributed by atoms with van der Waals surface area (Å²) in [6, 6.07) is 10.4. The van der Waals surface area contributed by atoms with E-state index in [1.165, 1.54) is 11.3 Å². The summed E-state index contributed by atoms with van der Waals surface area (Å²) in [5.74, 6) is 0.299. The molecule has 1 aromatic heterocycles. The fourth-order valence-electron chi connectivity index (χ4n) is 1.09. The number of alkyl halides is 3. The molecule has 83 valence electrons. The molecule has 0 aliphatic carbocycles. The van der Waals surface area contributed by atoms with Gasteiger partial charge < -0.3 is 4.74 Å². The van der Waals surface area contributed by atoms with Crippen LogP contribution in [-0.4, -0.2) is 8.96 Å². The average molecular weight is 294 g/mol. The Kier molecular flexibility index (Phi) is 3.60. The number of thiazole rings is 1. The molecule has 0 amide bonds. The van der Waals surface area contributed by atoms with Crippen LogP contribution in [0.25, 0.3) is 10.6 Å². The average Bonchev–Trinajstić information content (AvgIpc) is 2.65. The number of hydrogen-bond acceptors (Lipinski definition) is 3. The normalized spacial score (nSPS) is 11.4. The van der Waals surface area contributed by atoms with Crippen molar-refractivity contribution in [3.05, 3.63) is 35.7 Å². The van der Waals surface area contributed by atoms with Crippen LogP contribution in [0.4, 0.5) is 0 Å². The Bertz CT molecular complexity index is 466. The summed E-state index contributed by atoms with van der Waals surface area (Å²) in [5.41, 5.74) is 0.975. The number of rotatable bonds is 2. The van der Waals surface area contributed by atoms with Crippen molar-refractivity contribution in [2.75, 3.05) is 0 Å². The van der Waals surface area contributed by atoms with Crippen molar-refractivity contribution in [1.82, 2.24) is 4.98 Å². The van der Waals surface area contributed by atoms with Crippen LogP contribution in [0.2, 0.25) is 0 Å². The maximum Gasteiger partial charge on any atom is 0.339 e. The first-order valence-corrected chi connectivity index (χ1v) is 6.24. The van der Waals surface area contributed by atoms with Crippen LogP contribution in [0.5, 0.6) is 5.88 Å². The lowest BCUT2D eigenvalue weighted by molar-refractivity contribution is 0.310. The van der Waals surface area contributed by atoms with Gasteiger partial charge in [-0.25, -0.2) is 4.98 Å². The third kappa shape index (κ3) is 3.25. The Morgan fingerprint density at radius 3 is 2.56 bits per heavy atom. The molecule has 6 heteroatoms. The highest BCUT2D eigenvalue weighted by Gasteiger charge is 2.23. The fraction of sp³-hybridized carbons (Fsp3) is 0.100. The summed E-state index contributed by atoms with van der Waals surface area (Å²) in [6.07, 6.45) is 0. The van der Waals surface area contributed by atoms with E-state index in [4.69, 9.17) is 39.5 Å². The molecule has 1 radical (unpaired) electrons. The number of benzene rings is 1. The molecule has 2 aromatic rings. The van der Waals surface area contributed by atoms with E-state index in [1.54, 1.807) is 5.38 Å². The molecule has 0 spiro atoms. The van der Waals surface area contributed by atoms with E-state index in [9.17, 15) is 0 Å². The SMILES string of the molecule is ClC(Cl)(Cl)Oc1csc(-c2cc[c]cc2)n1. The molecule has 2 nitrogen and oxygen atoms in total. The van der Waals surface area contributed by atoms with E-state index in [0.717, 1.165) is 10.6 Å². The van der Waals surface area contributed by atoms with Gasteiger partial charge in [-0.2, -0.15) is 0 Å². The zero-order valence-electron chi connectivity index (χ0n) is 7.78. The van der Waals surface area contributed by atoms with Crippen LogP contribution in [-0.2, 0) is 0 Å². The van der Waals surface area contributed by atoms with Crippen molar-refractivity contribution >= 4 is 46.1 Å². The Labute approximate surface area is 112 Å². The minimum Gasteiger partial charge on any atom is -0.427 e. The first-order valence-electron chi connectivity index (χ1n) is 4.22. The third-order valence-electron chi connectivity index (χ3n) is 1.67. The quantitative estimate of drug-likeness (QED) is 0.769. The lowest BCUT2D eigenvalue weighted by atomic mass is 10.2. The van der Waals surface area contributed by atoms with Gasteiger partial charge in [0, 0.05) is 5.56 Å². The van der Waals surface area contributed by atoms with E-state index >= 15 is 0 Å². The lowest BCUT2D eigenvalue weighted by Crippen LogP contribution is -2.12. The molecule has 0 saturated heterocycles. The monoisotopic (exact) mass is 292 g/mol. The number of nitrogens with zero attached hydrogens (tertiary/aromatic N) is 1. The molecule has 0 N–H and O–H groups in total. The Morgan fingerprint density at radius 1 is 1.25 bits per heavy atom. The van der Waals surface area contributed by atoms with Gasteiger partial charge in [-0.05, 0) is 40.9 Å². The predicted octanol–water partition coefficient (Wildman–Crippen LogP) is 4.32. The van der Waals surface area contributed by atoms with Crippen LogP contribution in [0.3, 0.4) is 0 Å². The van der Waals surface area contributed by atoms with Crippen LogP contribution in [0.15, 0.2) is 29.6 Å². The van der Waals surface area contributed by atoms with Gasteiger partial charge >= 0.3 is 3.98 Å². The van der Waals surface area contributed by atoms with E-state index in [0.29, 0.717) is 5.88 Å². The summed E-state index contributed by atoms with van der Waals surface area (Å²) >= 11 is 17.9. The van der Waals surface area contributed by atoms with E-state index in [2.05, 4.69) is 11.1 Å². The van der Waals surface area contributed by atoms with Crippen LogP contribution in [0, 0.1) is 6.07 Å². The van der Waals surface area contributed by atoms with E-state index < -0.39 is 3.98 Å². The second-order valence-electron chi connectivity index (χ2n) is 2.83. The lowest BCUT2D eigenvalue weighted by Gasteiger charge is -2.09. The van der Waals surface area contributed by atoms with Crippen LogP contribution >= 0.6 is 46.1 Å². The van der Waals surface area contributed by atoms with Gasteiger partial charge in [-0.3, -0.25) is 0 Å². The third-order valence-corrected chi connectivity index (χ3v) is 2.77. The molecule has 1 aromatic carbocycles. The summed E-state index contributed by atoms with van der Waals surface area (Å²) in [6.45, 7) is 0. The number of hydrogen-bond donors (Lipinski definition) is 0. The maximum atomic E-state index is 5.49. The van der Waals surface area contributed by atoms with Gasteiger partial charge in [0.25, 0.3) is 0 Å². The molecular formula is C10H5Cl3NOS. The van der Waals surface area contributed by atoms with Crippen molar-refractivity contribution in [2.45, 2.75) is 3.98 Å². The first-order chi connectivity index (χ1) is 7.54. The van der Waals surface area contributed by atoms with Crippen molar-refractivity contribution in [3.63, 3.8) is 0 Å². The summed E-state index contributed by atoms with van der Waals surface area (Å²) in [7, 11) is 0. The molecule has 0 unspecified atom stereocenters. The zero-order valence-corrected chi connectivity index (χ0v) is 10.9. The fourth-order valence-corrected chi connectivity index (χ4v) is 2.05. The van der Waals surface area contributed by atoms with Crippen molar-refractivity contribution < 1.29 is 4.74 Å². The molecule has 0 bridgehead atoms. The topological polar surface area (TPSA) is 22.1 Å². The molecular weight excluding hydrogens is 289 g/mol. The van der Waals surface area contributed by atoms with Gasteiger partial charge in [-0.15, -0.1) is 11.3 Å². The van der Waals surface area contributed by atoms with E-state index in [1.807, 2.05) is 24.3 Å². The van der Waals surface area contributed by atoms with Crippen molar-refractivity contribution in [3.8, 4) is 16.5 Å². The Balaban J connectivity index is 2.21. The predicted molar refractivity (Wildman–Crippen MR) is 67.3 cm³/mol. The van der Waals surface area contributed by atoms with Gasteiger partial charge in [0.2, 0.25) is 5.88 Å². The van der Waals surface area contributed by atoms with Crippen molar-refractivity contribution in [1.29, 1.82) is 0 Å². The highest BCUT2D eigenvalue weighted by atomic mass is 35.6. The highest BCUT2D eigenvalue weighted by molar-refractivity contribution is 7.13. The first kappa shape index (κ1) is 12.0. The minimum absolute atomic E-state index is 0.299. The van der Waals surface area contributed by atoms with Crippen LogP contribution < -0.4 is 4.74 Å². The van der Waals surface area contributed by atoms with Crippen LogP contribution in [0.1, 0.15) is 0 Å². The van der Waals surface area contributed by atoms with Gasteiger partial charge in [0.05, 0.1) is 5.38 Å². The number of ether oxygens (including phenoxy) is 1. The summed E-state index contributed by atoms with van der Waals surface area (Å²) in [4.78, 5) is 4.19. The molecule has 0 aliphatic rings. The molecule has 0 saturated carbocycles. The molecule has 1 heterocycles. The maximum absolute atomic E-state index is 5.49. The molecule has 0 atom stereocenters. The molecule has 2 rings (SSSR count). The molecule has 0 aliphatic heterocycles. The van der Waals surface area contributed by atoms with Crippen molar-refractivity contribution in [2.24, 2.45) is 0 Å². The van der Waals surface area contributed by atoms with Gasteiger partial charge in [0.15, 0.2) is 0 Å². The second kappa shape index (κ2) is 4.80. The highest BCUT2D eigenvalue weighted by Crippen LogP contribution is 2.33.